The Hall–Kier alpha value is -2.41. The smallest absolute Gasteiger partial charge is 0.325 e. The van der Waals surface area contributed by atoms with Crippen molar-refractivity contribution in [1.82, 2.24) is 4.90 Å². The van der Waals surface area contributed by atoms with Crippen LogP contribution in [-0.4, -0.2) is 29.9 Å². The standard InChI is InChI=1S/C18H18BrFN2O3/c1-2-25-17(23)11-22(10-13-3-6-14(19)9-16(13)20)18(24)12-4-7-15(21)8-5-12/h3-9H,2,10-11,21H2,1H3. The molecule has 0 aromatic heterocycles. The summed E-state index contributed by atoms with van der Waals surface area (Å²) in [4.78, 5) is 25.8. The van der Waals surface area contributed by atoms with E-state index in [0.29, 0.717) is 21.3 Å². The number of nitrogens with two attached hydrogens (primary N) is 1. The second-order valence-electron chi connectivity index (χ2n) is 5.32. The van der Waals surface area contributed by atoms with Crippen LogP contribution in [0.4, 0.5) is 10.1 Å². The van der Waals surface area contributed by atoms with Crippen molar-refractivity contribution in [2.45, 2.75) is 13.5 Å². The summed E-state index contributed by atoms with van der Waals surface area (Å²) in [6.45, 7) is 1.56. The molecule has 0 bridgehead atoms. The number of halogens is 2. The first-order valence-electron chi connectivity index (χ1n) is 7.65. The lowest BCUT2D eigenvalue weighted by molar-refractivity contribution is -0.143. The van der Waals surface area contributed by atoms with Crippen molar-refractivity contribution in [2.75, 3.05) is 18.9 Å². The summed E-state index contributed by atoms with van der Waals surface area (Å²) in [7, 11) is 0. The molecular weight excluding hydrogens is 391 g/mol. The third-order valence-corrected chi connectivity index (χ3v) is 3.94. The van der Waals surface area contributed by atoms with Gasteiger partial charge in [-0.2, -0.15) is 0 Å². The molecule has 0 aliphatic rings. The van der Waals surface area contributed by atoms with Crippen LogP contribution >= 0.6 is 15.9 Å². The van der Waals surface area contributed by atoms with Crippen LogP contribution in [0.3, 0.4) is 0 Å². The second-order valence-corrected chi connectivity index (χ2v) is 6.24. The summed E-state index contributed by atoms with van der Waals surface area (Å²) in [5, 5.41) is 0. The van der Waals surface area contributed by atoms with Crippen LogP contribution in [0.5, 0.6) is 0 Å². The molecule has 0 saturated carbocycles. The van der Waals surface area contributed by atoms with E-state index in [1.807, 2.05) is 0 Å². The average Bonchev–Trinajstić information content (AvgIpc) is 2.57. The van der Waals surface area contributed by atoms with E-state index in [2.05, 4.69) is 15.9 Å². The number of ether oxygens (including phenoxy) is 1. The maximum absolute atomic E-state index is 14.1. The maximum atomic E-state index is 14.1. The Morgan fingerprint density at radius 2 is 1.88 bits per heavy atom. The van der Waals surface area contributed by atoms with Crippen molar-refractivity contribution < 1.29 is 18.7 Å². The number of nitrogen functional groups attached to an aromatic ring is 1. The van der Waals surface area contributed by atoms with E-state index in [9.17, 15) is 14.0 Å². The van der Waals surface area contributed by atoms with Crippen molar-refractivity contribution in [2.24, 2.45) is 0 Å². The van der Waals surface area contributed by atoms with Gasteiger partial charge in [0.05, 0.1) is 6.61 Å². The lowest BCUT2D eigenvalue weighted by atomic mass is 10.1. The Balaban J connectivity index is 2.26. The Kier molecular flexibility index (Phi) is 6.52. The summed E-state index contributed by atoms with van der Waals surface area (Å²) < 4.78 is 19.6. The van der Waals surface area contributed by atoms with E-state index < -0.39 is 17.7 Å². The summed E-state index contributed by atoms with van der Waals surface area (Å²) >= 11 is 3.19. The van der Waals surface area contributed by atoms with Gasteiger partial charge in [0.25, 0.3) is 5.91 Å². The largest absolute Gasteiger partial charge is 0.465 e. The van der Waals surface area contributed by atoms with E-state index >= 15 is 0 Å². The fourth-order valence-corrected chi connectivity index (χ4v) is 2.56. The molecule has 1 amide bonds. The molecule has 2 aromatic carbocycles. The van der Waals surface area contributed by atoms with E-state index in [-0.39, 0.29) is 19.7 Å². The molecule has 0 unspecified atom stereocenters. The number of rotatable bonds is 6. The monoisotopic (exact) mass is 408 g/mol. The predicted molar refractivity (Wildman–Crippen MR) is 96.3 cm³/mol. The number of esters is 1. The number of benzene rings is 2. The number of nitrogens with zero attached hydrogens (tertiary/aromatic N) is 1. The molecule has 0 radical (unpaired) electrons. The second kappa shape index (κ2) is 8.62. The summed E-state index contributed by atoms with van der Waals surface area (Å²) in [5.41, 5.74) is 6.81. The molecule has 5 nitrogen and oxygen atoms in total. The number of hydrogen-bond donors (Lipinski definition) is 1. The Labute approximate surface area is 153 Å². The first-order valence-corrected chi connectivity index (χ1v) is 8.44. The third kappa shape index (κ3) is 5.29. The zero-order chi connectivity index (χ0) is 18.4. The zero-order valence-electron chi connectivity index (χ0n) is 13.7. The number of carbonyl (C=O) groups is 2. The molecule has 0 aliphatic heterocycles. The van der Waals surface area contributed by atoms with Gasteiger partial charge in [-0.1, -0.05) is 22.0 Å². The predicted octanol–water partition coefficient (Wildman–Crippen LogP) is 3.38. The maximum Gasteiger partial charge on any atom is 0.325 e. The molecule has 2 N–H and O–H groups in total. The molecule has 0 heterocycles. The minimum Gasteiger partial charge on any atom is -0.465 e. The van der Waals surface area contributed by atoms with Crippen LogP contribution in [0, 0.1) is 5.82 Å². The fourth-order valence-electron chi connectivity index (χ4n) is 2.23. The quantitative estimate of drug-likeness (QED) is 0.587. The Morgan fingerprint density at radius 3 is 2.48 bits per heavy atom. The molecule has 0 fully saturated rings. The van der Waals surface area contributed by atoms with Crippen LogP contribution in [0.25, 0.3) is 0 Å². The number of hydrogen-bond acceptors (Lipinski definition) is 4. The van der Waals surface area contributed by atoms with Gasteiger partial charge < -0.3 is 15.4 Å². The molecule has 0 saturated heterocycles. The van der Waals surface area contributed by atoms with Gasteiger partial charge in [0.15, 0.2) is 0 Å². The highest BCUT2D eigenvalue weighted by atomic mass is 79.9. The van der Waals surface area contributed by atoms with E-state index in [0.717, 1.165) is 0 Å². The van der Waals surface area contributed by atoms with E-state index in [1.54, 1.807) is 43.3 Å². The molecule has 25 heavy (non-hydrogen) atoms. The van der Waals surface area contributed by atoms with Crippen LogP contribution in [0.2, 0.25) is 0 Å². The number of carbonyl (C=O) groups excluding carboxylic acids is 2. The average molecular weight is 409 g/mol. The molecule has 2 aromatic rings. The van der Waals surface area contributed by atoms with Crippen molar-refractivity contribution in [3.63, 3.8) is 0 Å². The Morgan fingerprint density at radius 1 is 1.20 bits per heavy atom. The van der Waals surface area contributed by atoms with Crippen LogP contribution in [-0.2, 0) is 16.1 Å². The minimum absolute atomic E-state index is 0.0544. The topological polar surface area (TPSA) is 72.6 Å². The normalized spacial score (nSPS) is 10.4. The van der Waals surface area contributed by atoms with Crippen molar-refractivity contribution in [3.05, 3.63) is 63.9 Å². The molecular formula is C18H18BrFN2O3. The van der Waals surface area contributed by atoms with Gasteiger partial charge in [0.2, 0.25) is 0 Å². The number of amides is 1. The Bertz CT molecular complexity index is 765. The molecule has 0 atom stereocenters. The van der Waals surface area contributed by atoms with Gasteiger partial charge in [-0.3, -0.25) is 9.59 Å². The van der Waals surface area contributed by atoms with E-state index in [1.165, 1.54) is 11.0 Å². The van der Waals surface area contributed by atoms with Gasteiger partial charge in [-0.15, -0.1) is 0 Å². The first-order chi connectivity index (χ1) is 11.9. The summed E-state index contributed by atoms with van der Waals surface area (Å²) in [5.74, 6) is -1.42. The van der Waals surface area contributed by atoms with Crippen molar-refractivity contribution >= 4 is 33.5 Å². The lowest BCUT2D eigenvalue weighted by Crippen LogP contribution is -2.36. The minimum atomic E-state index is -0.552. The van der Waals surface area contributed by atoms with Crippen molar-refractivity contribution in [3.8, 4) is 0 Å². The van der Waals surface area contributed by atoms with Gasteiger partial charge in [-0.25, -0.2) is 4.39 Å². The van der Waals surface area contributed by atoms with Gasteiger partial charge >= 0.3 is 5.97 Å². The van der Waals surface area contributed by atoms with Gasteiger partial charge in [0, 0.05) is 27.8 Å². The van der Waals surface area contributed by atoms with Gasteiger partial charge in [0.1, 0.15) is 12.4 Å². The first kappa shape index (κ1) is 18.9. The summed E-state index contributed by atoms with van der Waals surface area (Å²) in [6, 6.07) is 10.9. The SMILES string of the molecule is CCOC(=O)CN(Cc1ccc(Br)cc1F)C(=O)c1ccc(N)cc1. The third-order valence-electron chi connectivity index (χ3n) is 3.45. The fraction of sp³-hybridized carbons (Fsp3) is 0.222. The molecule has 0 spiro atoms. The van der Waals surface area contributed by atoms with Crippen LogP contribution < -0.4 is 5.73 Å². The highest BCUT2D eigenvalue weighted by molar-refractivity contribution is 9.10. The lowest BCUT2D eigenvalue weighted by Gasteiger charge is -2.22. The molecule has 2 rings (SSSR count). The summed E-state index contributed by atoms with van der Waals surface area (Å²) in [6.07, 6.45) is 0. The molecule has 0 aliphatic carbocycles. The highest BCUT2D eigenvalue weighted by Gasteiger charge is 2.21. The van der Waals surface area contributed by atoms with E-state index in [4.69, 9.17) is 10.5 Å². The van der Waals surface area contributed by atoms with Crippen molar-refractivity contribution in [1.29, 1.82) is 0 Å². The van der Waals surface area contributed by atoms with Gasteiger partial charge in [-0.05, 0) is 43.3 Å². The molecule has 132 valence electrons. The van der Waals surface area contributed by atoms with Crippen LogP contribution in [0.1, 0.15) is 22.8 Å². The zero-order valence-corrected chi connectivity index (χ0v) is 15.3. The molecule has 7 heteroatoms. The highest BCUT2D eigenvalue weighted by Crippen LogP contribution is 2.18. The number of anilines is 1. The van der Waals surface area contributed by atoms with Crippen LogP contribution in [0.15, 0.2) is 46.9 Å².